The molecule has 0 bridgehead atoms. The highest BCUT2D eigenvalue weighted by atomic mass is 16.5. The summed E-state index contributed by atoms with van der Waals surface area (Å²) in [5.74, 6) is -1.30. The lowest BCUT2D eigenvalue weighted by molar-refractivity contribution is -0.139. The van der Waals surface area contributed by atoms with Crippen LogP contribution in [0.3, 0.4) is 0 Å². The molecule has 6 nitrogen and oxygen atoms in total. The molecule has 1 amide bonds. The number of benzene rings is 2. The zero-order valence-corrected chi connectivity index (χ0v) is 14.5. The molecule has 1 heterocycles. The Morgan fingerprint density at radius 3 is 2.35 bits per heavy atom. The third-order valence-electron chi connectivity index (χ3n) is 4.17. The maximum absolute atomic E-state index is 12.7. The summed E-state index contributed by atoms with van der Waals surface area (Å²) in [5.41, 5.74) is 1.18. The third kappa shape index (κ3) is 3.01. The van der Waals surface area contributed by atoms with Crippen LogP contribution in [0.15, 0.2) is 65.9 Å². The first-order valence-corrected chi connectivity index (χ1v) is 8.21. The average molecular weight is 353 g/mol. The van der Waals surface area contributed by atoms with Gasteiger partial charge in [0, 0.05) is 5.69 Å². The van der Waals surface area contributed by atoms with E-state index in [-0.39, 0.29) is 12.2 Å². The molecule has 3 rings (SSSR count). The Balaban J connectivity index is 2.11. The van der Waals surface area contributed by atoms with Gasteiger partial charge in [-0.2, -0.15) is 0 Å². The average Bonchev–Trinajstić information content (AvgIpc) is 2.94. The van der Waals surface area contributed by atoms with Crippen molar-refractivity contribution in [2.24, 2.45) is 0 Å². The fourth-order valence-corrected chi connectivity index (χ4v) is 2.98. The fourth-order valence-electron chi connectivity index (χ4n) is 2.98. The highest BCUT2D eigenvalue weighted by Crippen LogP contribution is 2.41. The number of nitrogens with zero attached hydrogens (tertiary/aromatic N) is 1. The predicted molar refractivity (Wildman–Crippen MR) is 96.0 cm³/mol. The SMILES string of the molecule is CCOC(=O)C1=C(O)C(=O)N(c2ccc(OC)cc2)[C@H]1c1ccccc1. The Bertz CT molecular complexity index is 842. The van der Waals surface area contributed by atoms with E-state index in [4.69, 9.17) is 9.47 Å². The molecular weight excluding hydrogens is 334 g/mol. The first-order valence-electron chi connectivity index (χ1n) is 8.21. The quantitative estimate of drug-likeness (QED) is 0.836. The smallest absolute Gasteiger partial charge is 0.340 e. The van der Waals surface area contributed by atoms with Gasteiger partial charge in [-0.15, -0.1) is 0 Å². The number of carbonyl (C=O) groups excluding carboxylic acids is 2. The Morgan fingerprint density at radius 2 is 1.77 bits per heavy atom. The summed E-state index contributed by atoms with van der Waals surface area (Å²) in [6, 6.07) is 15.1. The zero-order valence-electron chi connectivity index (χ0n) is 14.5. The Kier molecular flexibility index (Phi) is 4.93. The molecule has 1 aliphatic rings. The van der Waals surface area contributed by atoms with Crippen molar-refractivity contribution in [2.75, 3.05) is 18.6 Å². The first-order chi connectivity index (χ1) is 12.6. The second kappa shape index (κ2) is 7.31. The molecule has 0 radical (unpaired) electrons. The van der Waals surface area contributed by atoms with Gasteiger partial charge >= 0.3 is 5.97 Å². The number of carbonyl (C=O) groups is 2. The minimum atomic E-state index is -0.767. The van der Waals surface area contributed by atoms with Gasteiger partial charge in [0.2, 0.25) is 0 Å². The van der Waals surface area contributed by atoms with E-state index in [1.54, 1.807) is 50.4 Å². The van der Waals surface area contributed by atoms with Gasteiger partial charge < -0.3 is 14.6 Å². The summed E-state index contributed by atoms with van der Waals surface area (Å²) in [6.45, 7) is 1.82. The van der Waals surface area contributed by atoms with E-state index in [1.165, 1.54) is 4.90 Å². The number of amides is 1. The lowest BCUT2D eigenvalue weighted by Crippen LogP contribution is -2.31. The number of anilines is 1. The number of methoxy groups -OCH3 is 1. The molecule has 2 aromatic rings. The van der Waals surface area contributed by atoms with Crippen molar-refractivity contribution in [1.82, 2.24) is 0 Å². The van der Waals surface area contributed by atoms with Gasteiger partial charge in [0.05, 0.1) is 19.8 Å². The van der Waals surface area contributed by atoms with Crippen LogP contribution in [0.5, 0.6) is 5.75 Å². The highest BCUT2D eigenvalue weighted by molar-refractivity contribution is 6.15. The number of esters is 1. The predicted octanol–water partition coefficient (Wildman–Crippen LogP) is 3.16. The van der Waals surface area contributed by atoms with Crippen LogP contribution in [0.4, 0.5) is 5.69 Å². The van der Waals surface area contributed by atoms with Crippen LogP contribution in [0.1, 0.15) is 18.5 Å². The number of hydrogen-bond donors (Lipinski definition) is 1. The Labute approximate surface area is 151 Å². The van der Waals surface area contributed by atoms with E-state index < -0.39 is 23.7 Å². The lowest BCUT2D eigenvalue weighted by atomic mass is 9.99. The van der Waals surface area contributed by atoms with Crippen molar-refractivity contribution < 1.29 is 24.2 Å². The molecule has 1 atom stereocenters. The molecule has 0 aromatic heterocycles. The summed E-state index contributed by atoms with van der Waals surface area (Å²) in [7, 11) is 1.55. The molecule has 0 unspecified atom stereocenters. The minimum absolute atomic E-state index is 0.0566. The molecular formula is C20H19NO5. The van der Waals surface area contributed by atoms with Gasteiger partial charge in [-0.3, -0.25) is 9.69 Å². The minimum Gasteiger partial charge on any atom is -0.503 e. The van der Waals surface area contributed by atoms with Crippen LogP contribution in [0, 0.1) is 0 Å². The summed E-state index contributed by atoms with van der Waals surface area (Å²) in [4.78, 5) is 26.6. The van der Waals surface area contributed by atoms with E-state index in [2.05, 4.69) is 0 Å². The van der Waals surface area contributed by atoms with Crippen LogP contribution in [0.25, 0.3) is 0 Å². The molecule has 2 aromatic carbocycles. The molecule has 0 aliphatic carbocycles. The topological polar surface area (TPSA) is 76.1 Å². The highest BCUT2D eigenvalue weighted by Gasteiger charge is 2.45. The molecule has 6 heteroatoms. The Morgan fingerprint density at radius 1 is 1.12 bits per heavy atom. The maximum atomic E-state index is 12.7. The van der Waals surface area contributed by atoms with Gasteiger partial charge in [0.25, 0.3) is 5.91 Å². The maximum Gasteiger partial charge on any atom is 0.340 e. The standard InChI is InChI=1S/C20H19NO5/c1-3-26-20(24)16-17(13-7-5-4-6-8-13)21(19(23)18(16)22)14-9-11-15(25-2)12-10-14/h4-12,17,22H,3H2,1-2H3/t17-/m0/s1. The van der Waals surface area contributed by atoms with Crippen LogP contribution in [-0.2, 0) is 14.3 Å². The summed E-state index contributed by atoms with van der Waals surface area (Å²) < 4.78 is 10.2. The normalized spacial score (nSPS) is 16.8. The molecule has 0 spiro atoms. The third-order valence-corrected chi connectivity index (χ3v) is 4.17. The first kappa shape index (κ1) is 17.5. The molecule has 1 N–H and O–H groups in total. The zero-order chi connectivity index (χ0) is 18.7. The lowest BCUT2D eigenvalue weighted by Gasteiger charge is -2.26. The van der Waals surface area contributed by atoms with Crippen LogP contribution >= 0.6 is 0 Å². The number of rotatable bonds is 5. The van der Waals surface area contributed by atoms with E-state index in [0.29, 0.717) is 17.0 Å². The van der Waals surface area contributed by atoms with Crippen molar-refractivity contribution in [3.63, 3.8) is 0 Å². The van der Waals surface area contributed by atoms with Crippen LogP contribution in [0.2, 0.25) is 0 Å². The van der Waals surface area contributed by atoms with E-state index in [1.807, 2.05) is 18.2 Å². The second-order valence-electron chi connectivity index (χ2n) is 5.67. The van der Waals surface area contributed by atoms with E-state index in [9.17, 15) is 14.7 Å². The Hall–Kier alpha value is -3.28. The van der Waals surface area contributed by atoms with Crippen molar-refractivity contribution in [1.29, 1.82) is 0 Å². The van der Waals surface area contributed by atoms with Gasteiger partial charge in [0.15, 0.2) is 5.76 Å². The van der Waals surface area contributed by atoms with Crippen molar-refractivity contribution in [3.05, 3.63) is 71.5 Å². The molecule has 0 fully saturated rings. The molecule has 1 aliphatic heterocycles. The van der Waals surface area contributed by atoms with Crippen molar-refractivity contribution in [3.8, 4) is 5.75 Å². The van der Waals surface area contributed by atoms with Gasteiger partial charge in [0.1, 0.15) is 11.3 Å². The van der Waals surface area contributed by atoms with Crippen LogP contribution < -0.4 is 9.64 Å². The van der Waals surface area contributed by atoms with E-state index >= 15 is 0 Å². The summed E-state index contributed by atoms with van der Waals surface area (Å²) in [5, 5.41) is 10.4. The number of aliphatic hydroxyl groups is 1. The molecule has 0 saturated carbocycles. The van der Waals surface area contributed by atoms with Gasteiger partial charge in [-0.1, -0.05) is 30.3 Å². The molecule has 0 saturated heterocycles. The largest absolute Gasteiger partial charge is 0.503 e. The van der Waals surface area contributed by atoms with Crippen LogP contribution in [-0.4, -0.2) is 30.7 Å². The van der Waals surface area contributed by atoms with Gasteiger partial charge in [-0.05, 0) is 36.8 Å². The monoisotopic (exact) mass is 353 g/mol. The number of ether oxygens (including phenoxy) is 2. The fraction of sp³-hybridized carbons (Fsp3) is 0.200. The number of aliphatic hydroxyl groups excluding tert-OH is 1. The summed E-state index contributed by atoms with van der Waals surface area (Å²) in [6.07, 6.45) is 0. The molecule has 26 heavy (non-hydrogen) atoms. The second-order valence-corrected chi connectivity index (χ2v) is 5.67. The van der Waals surface area contributed by atoms with Crippen molar-refractivity contribution in [2.45, 2.75) is 13.0 Å². The number of hydrogen-bond acceptors (Lipinski definition) is 5. The summed E-state index contributed by atoms with van der Waals surface area (Å²) >= 11 is 0. The van der Waals surface area contributed by atoms with Gasteiger partial charge in [-0.25, -0.2) is 4.79 Å². The van der Waals surface area contributed by atoms with E-state index in [0.717, 1.165) is 0 Å². The van der Waals surface area contributed by atoms with Crippen molar-refractivity contribution >= 4 is 17.6 Å². The molecule has 134 valence electrons.